The number of carbonyl (C=O) groups excluding carboxylic acids is 2. The number of hydrogen-bond acceptors (Lipinski definition) is 8. The minimum absolute atomic E-state index is 0.187. The average Bonchev–Trinajstić information content (AvgIpc) is 3.43. The molecule has 2 amide bonds. The van der Waals surface area contributed by atoms with Gasteiger partial charge in [0, 0.05) is 48.1 Å². The number of anilines is 1. The fourth-order valence-corrected chi connectivity index (χ4v) is 4.01. The molecule has 0 bridgehead atoms. The Morgan fingerprint density at radius 1 is 0.861 bits per heavy atom. The minimum Gasteiger partial charge on any atom is -0.416 e. The van der Waals surface area contributed by atoms with Gasteiger partial charge in [0.05, 0.1) is 0 Å². The number of benzene rings is 2. The quantitative estimate of drug-likeness (QED) is 0.415. The van der Waals surface area contributed by atoms with Crippen molar-refractivity contribution in [3.8, 4) is 22.9 Å². The standard InChI is InChI=1S/C26H25N7O3/c1-17-3-5-20(6-4-17)24-31-32-25(36-24)21-9-7-18(8-10-21)22(34)29-30-23(35)19-11-15-33(16-12-19)26-27-13-2-14-28-26/h2-10,13-14,19H,11-12,15-16H2,1H3,(H,29,34)(H,30,35). The summed E-state index contributed by atoms with van der Waals surface area (Å²) in [5.74, 6) is 0.654. The first-order valence-corrected chi connectivity index (χ1v) is 11.7. The lowest BCUT2D eigenvalue weighted by Gasteiger charge is -2.31. The Morgan fingerprint density at radius 2 is 1.44 bits per heavy atom. The summed E-state index contributed by atoms with van der Waals surface area (Å²) in [6.07, 6.45) is 4.72. The largest absolute Gasteiger partial charge is 0.416 e. The fraction of sp³-hybridized carbons (Fsp3) is 0.231. The van der Waals surface area contributed by atoms with Gasteiger partial charge in [-0.25, -0.2) is 9.97 Å². The topological polar surface area (TPSA) is 126 Å². The second kappa shape index (κ2) is 10.3. The number of aryl methyl sites for hydroxylation is 1. The molecule has 0 saturated carbocycles. The molecule has 36 heavy (non-hydrogen) atoms. The lowest BCUT2D eigenvalue weighted by molar-refractivity contribution is -0.126. The molecule has 4 aromatic rings. The van der Waals surface area contributed by atoms with Crippen molar-refractivity contribution >= 4 is 17.8 Å². The molecule has 1 aliphatic rings. The van der Waals surface area contributed by atoms with Crippen LogP contribution in [0.2, 0.25) is 0 Å². The van der Waals surface area contributed by atoms with Crippen LogP contribution in [0.3, 0.4) is 0 Å². The smallest absolute Gasteiger partial charge is 0.269 e. The van der Waals surface area contributed by atoms with Crippen LogP contribution in [0.25, 0.3) is 22.9 Å². The SMILES string of the molecule is Cc1ccc(-c2nnc(-c3ccc(C(=O)NNC(=O)C4CCN(c5ncccn5)CC4)cc3)o2)cc1. The van der Waals surface area contributed by atoms with Crippen LogP contribution in [-0.2, 0) is 4.79 Å². The highest BCUT2D eigenvalue weighted by atomic mass is 16.4. The summed E-state index contributed by atoms with van der Waals surface area (Å²) in [4.78, 5) is 35.6. The number of hydrazine groups is 1. The Bertz CT molecular complexity index is 1330. The van der Waals surface area contributed by atoms with Crippen molar-refractivity contribution in [2.24, 2.45) is 5.92 Å². The number of carbonyl (C=O) groups is 2. The number of nitrogens with zero attached hydrogens (tertiary/aromatic N) is 5. The zero-order valence-electron chi connectivity index (χ0n) is 19.7. The zero-order valence-corrected chi connectivity index (χ0v) is 19.7. The average molecular weight is 484 g/mol. The van der Waals surface area contributed by atoms with Gasteiger partial charge in [-0.05, 0) is 62.2 Å². The third kappa shape index (κ3) is 5.22. The lowest BCUT2D eigenvalue weighted by atomic mass is 9.96. The van der Waals surface area contributed by atoms with Crippen LogP contribution in [0.5, 0.6) is 0 Å². The third-order valence-electron chi connectivity index (χ3n) is 6.12. The molecule has 2 N–H and O–H groups in total. The zero-order chi connectivity index (χ0) is 24.9. The first-order valence-electron chi connectivity index (χ1n) is 11.7. The number of hydrogen-bond donors (Lipinski definition) is 2. The summed E-state index contributed by atoms with van der Waals surface area (Å²) in [5.41, 5.74) is 8.12. The van der Waals surface area contributed by atoms with E-state index in [2.05, 4.69) is 35.9 Å². The summed E-state index contributed by atoms with van der Waals surface area (Å²) >= 11 is 0. The maximum Gasteiger partial charge on any atom is 0.269 e. The maximum atomic E-state index is 12.6. The highest BCUT2D eigenvalue weighted by molar-refractivity contribution is 5.95. The maximum absolute atomic E-state index is 12.6. The van der Waals surface area contributed by atoms with E-state index < -0.39 is 5.91 Å². The fourth-order valence-electron chi connectivity index (χ4n) is 4.01. The number of nitrogens with one attached hydrogen (secondary N) is 2. The normalized spacial score (nSPS) is 13.9. The predicted molar refractivity (Wildman–Crippen MR) is 132 cm³/mol. The van der Waals surface area contributed by atoms with E-state index in [0.717, 1.165) is 11.1 Å². The highest BCUT2D eigenvalue weighted by Crippen LogP contribution is 2.24. The van der Waals surface area contributed by atoms with Crippen LogP contribution in [0, 0.1) is 12.8 Å². The third-order valence-corrected chi connectivity index (χ3v) is 6.12. The van der Waals surface area contributed by atoms with Gasteiger partial charge in [-0.2, -0.15) is 0 Å². The predicted octanol–water partition coefficient (Wildman–Crippen LogP) is 3.18. The molecule has 0 aliphatic carbocycles. The van der Waals surface area contributed by atoms with Crippen LogP contribution in [0.15, 0.2) is 71.4 Å². The van der Waals surface area contributed by atoms with Crippen molar-refractivity contribution in [1.29, 1.82) is 0 Å². The van der Waals surface area contributed by atoms with Gasteiger partial charge >= 0.3 is 0 Å². The van der Waals surface area contributed by atoms with Crippen molar-refractivity contribution < 1.29 is 14.0 Å². The molecule has 5 rings (SSSR count). The van der Waals surface area contributed by atoms with E-state index in [1.165, 1.54) is 0 Å². The van der Waals surface area contributed by atoms with E-state index in [4.69, 9.17) is 4.42 Å². The molecule has 0 radical (unpaired) electrons. The molecule has 0 spiro atoms. The minimum atomic E-state index is -0.407. The first-order chi connectivity index (χ1) is 17.6. The van der Waals surface area contributed by atoms with Gasteiger partial charge in [-0.15, -0.1) is 10.2 Å². The second-order valence-corrected chi connectivity index (χ2v) is 8.61. The molecule has 1 aliphatic heterocycles. The molecule has 1 fully saturated rings. The summed E-state index contributed by atoms with van der Waals surface area (Å²) in [7, 11) is 0. The molecule has 0 unspecified atom stereocenters. The second-order valence-electron chi connectivity index (χ2n) is 8.61. The first kappa shape index (κ1) is 23.2. The van der Waals surface area contributed by atoms with Gasteiger partial charge in [-0.1, -0.05) is 17.7 Å². The molecular formula is C26H25N7O3. The Balaban J connectivity index is 1.13. The van der Waals surface area contributed by atoms with E-state index in [1.54, 1.807) is 42.7 Å². The number of aromatic nitrogens is 4. The van der Waals surface area contributed by atoms with Crippen molar-refractivity contribution in [3.63, 3.8) is 0 Å². The van der Waals surface area contributed by atoms with Gasteiger partial charge < -0.3 is 9.32 Å². The van der Waals surface area contributed by atoms with Crippen LogP contribution < -0.4 is 15.8 Å². The van der Waals surface area contributed by atoms with E-state index >= 15 is 0 Å². The summed E-state index contributed by atoms with van der Waals surface area (Å²) < 4.78 is 5.79. The molecule has 0 atom stereocenters. The monoisotopic (exact) mass is 483 g/mol. The van der Waals surface area contributed by atoms with Crippen molar-refractivity contribution in [2.75, 3.05) is 18.0 Å². The molecule has 1 saturated heterocycles. The van der Waals surface area contributed by atoms with E-state index in [1.807, 2.05) is 31.2 Å². The van der Waals surface area contributed by atoms with Gasteiger partial charge in [0.25, 0.3) is 5.91 Å². The lowest BCUT2D eigenvalue weighted by Crippen LogP contribution is -2.47. The Kier molecular flexibility index (Phi) is 6.65. The Labute approximate surface area is 207 Å². The summed E-state index contributed by atoms with van der Waals surface area (Å²) in [6.45, 7) is 3.37. The number of amides is 2. The number of piperidine rings is 1. The number of rotatable bonds is 5. The molecule has 182 valence electrons. The van der Waals surface area contributed by atoms with Gasteiger partial charge in [-0.3, -0.25) is 20.4 Å². The highest BCUT2D eigenvalue weighted by Gasteiger charge is 2.26. The van der Waals surface area contributed by atoms with Crippen molar-refractivity contribution in [3.05, 3.63) is 78.1 Å². The van der Waals surface area contributed by atoms with Crippen LogP contribution in [0.4, 0.5) is 5.95 Å². The van der Waals surface area contributed by atoms with Gasteiger partial charge in [0.1, 0.15) is 0 Å². The van der Waals surface area contributed by atoms with Crippen molar-refractivity contribution in [2.45, 2.75) is 19.8 Å². The molecule has 2 aromatic heterocycles. The Hall–Kier alpha value is -4.60. The van der Waals surface area contributed by atoms with E-state index in [-0.39, 0.29) is 11.8 Å². The molecular weight excluding hydrogens is 458 g/mol. The molecule has 2 aromatic carbocycles. The van der Waals surface area contributed by atoms with Crippen LogP contribution in [0.1, 0.15) is 28.8 Å². The van der Waals surface area contributed by atoms with Crippen LogP contribution in [-0.4, -0.2) is 45.1 Å². The van der Waals surface area contributed by atoms with Crippen LogP contribution >= 0.6 is 0 Å². The Morgan fingerprint density at radius 3 is 2.06 bits per heavy atom. The van der Waals surface area contributed by atoms with E-state index in [9.17, 15) is 9.59 Å². The summed E-state index contributed by atoms with van der Waals surface area (Å²) in [5, 5.41) is 8.22. The molecule has 10 nitrogen and oxygen atoms in total. The van der Waals surface area contributed by atoms with Gasteiger partial charge in [0.2, 0.25) is 23.6 Å². The van der Waals surface area contributed by atoms with Gasteiger partial charge in [0.15, 0.2) is 0 Å². The summed E-state index contributed by atoms with van der Waals surface area (Å²) in [6, 6.07) is 16.3. The van der Waals surface area contributed by atoms with Crippen molar-refractivity contribution in [1.82, 2.24) is 31.0 Å². The molecule has 3 heterocycles. The molecule has 10 heteroatoms. The van der Waals surface area contributed by atoms with E-state index in [0.29, 0.717) is 54.8 Å².